The van der Waals surface area contributed by atoms with Gasteiger partial charge in [0.2, 0.25) is 17.7 Å². The Labute approximate surface area is 395 Å². The number of anilines is 1. The number of hydrogen-bond donors (Lipinski definition) is 7. The van der Waals surface area contributed by atoms with Crippen molar-refractivity contribution in [3.8, 4) is 0 Å². The van der Waals surface area contributed by atoms with E-state index in [1.54, 1.807) is 38.1 Å². The highest BCUT2D eigenvalue weighted by atomic mass is 16.6. The number of nitrogens with one attached hydrogen (secondary N) is 6. The number of carbonyl (C=O) groups is 8. The quantitative estimate of drug-likeness (QED) is 0.0409. The van der Waals surface area contributed by atoms with E-state index in [0.717, 1.165) is 11.3 Å². The average Bonchev–Trinajstić information content (AvgIpc) is 3.55. The van der Waals surface area contributed by atoms with Crippen molar-refractivity contribution >= 4 is 53.4 Å². The van der Waals surface area contributed by atoms with E-state index < -0.39 is 58.9 Å². The molecule has 1 heterocycles. The molecule has 0 saturated heterocycles. The normalized spacial score (nSPS) is 13.7. The van der Waals surface area contributed by atoms with Crippen LogP contribution >= 0.6 is 0 Å². The second kappa shape index (κ2) is 28.4. The van der Waals surface area contributed by atoms with Gasteiger partial charge < -0.3 is 56.6 Å². The van der Waals surface area contributed by atoms with Gasteiger partial charge in [0, 0.05) is 57.0 Å². The molecule has 20 nitrogen and oxygen atoms in total. The molecular weight excluding hydrogens is 869 g/mol. The van der Waals surface area contributed by atoms with E-state index in [2.05, 4.69) is 31.9 Å². The Morgan fingerprint density at radius 1 is 0.701 bits per heavy atom. The number of primary amides is 1. The molecule has 1 aliphatic rings. The molecule has 1 aromatic rings. The number of alkyl carbamates (subject to hydrolysis) is 2. The molecule has 1 aliphatic heterocycles. The molecule has 0 spiro atoms. The fourth-order valence-corrected chi connectivity index (χ4v) is 6.44. The lowest BCUT2D eigenvalue weighted by Gasteiger charge is -2.32. The zero-order chi connectivity index (χ0) is 50.2. The average molecular weight is 945 g/mol. The van der Waals surface area contributed by atoms with Crippen molar-refractivity contribution < 1.29 is 57.3 Å². The van der Waals surface area contributed by atoms with Crippen molar-refractivity contribution in [3.05, 3.63) is 42.0 Å². The summed E-state index contributed by atoms with van der Waals surface area (Å²) in [4.78, 5) is 100.0. The smallest absolute Gasteiger partial charge is 0.407 e. The second-order valence-corrected chi connectivity index (χ2v) is 19.0. The van der Waals surface area contributed by atoms with Crippen molar-refractivity contribution in [1.29, 1.82) is 0 Å². The van der Waals surface area contributed by atoms with E-state index in [1.165, 1.54) is 12.2 Å². The Kier molecular flexibility index (Phi) is 24.3. The first kappa shape index (κ1) is 57.4. The summed E-state index contributed by atoms with van der Waals surface area (Å²) < 4.78 is 22.8. The Hall–Kier alpha value is -5.76. The molecular formula is C47H76N8O12. The van der Waals surface area contributed by atoms with Gasteiger partial charge in [0.05, 0.1) is 17.8 Å². The summed E-state index contributed by atoms with van der Waals surface area (Å²) in [5, 5.41) is 16.2. The summed E-state index contributed by atoms with van der Waals surface area (Å²) >= 11 is 0. The third kappa shape index (κ3) is 25.1. The van der Waals surface area contributed by atoms with E-state index >= 15 is 0 Å². The molecule has 0 radical (unpaired) electrons. The number of nitrogens with zero attached hydrogens (tertiary/aromatic N) is 1. The van der Waals surface area contributed by atoms with Crippen molar-refractivity contribution in [2.45, 2.75) is 156 Å². The number of hydrogen-bond acceptors (Lipinski definition) is 12. The van der Waals surface area contributed by atoms with Gasteiger partial charge in [-0.3, -0.25) is 28.9 Å². The molecule has 0 fully saturated rings. The van der Waals surface area contributed by atoms with Crippen molar-refractivity contribution in [2.75, 3.05) is 44.7 Å². The number of imide groups is 1. The molecule has 0 aromatic heterocycles. The zero-order valence-corrected chi connectivity index (χ0v) is 40.9. The van der Waals surface area contributed by atoms with E-state index in [0.29, 0.717) is 76.1 Å². The van der Waals surface area contributed by atoms with Gasteiger partial charge >= 0.3 is 18.2 Å². The molecule has 20 heteroatoms. The van der Waals surface area contributed by atoms with E-state index in [9.17, 15) is 38.4 Å². The largest absolute Gasteiger partial charge is 0.445 e. The fourth-order valence-electron chi connectivity index (χ4n) is 6.44. The van der Waals surface area contributed by atoms with Crippen LogP contribution in [0.4, 0.5) is 20.1 Å². The number of rotatable bonds is 30. The SMILES string of the molecule is CC(C)[C@H](NC(=O)CCCCCN1C(=O)C=CC1=O)C(=O)N[C@@H](CCCNC(N)=O)C(=O)Nc1ccc(COC(=O)NCCCOC(C)(C)COC(C)(C)CCCNC(=O)OC(C)(C)C)cc1. The van der Waals surface area contributed by atoms with Crippen LogP contribution < -0.4 is 37.6 Å². The van der Waals surface area contributed by atoms with Gasteiger partial charge in [-0.15, -0.1) is 0 Å². The lowest BCUT2D eigenvalue weighted by molar-refractivity contribution is -0.137. The van der Waals surface area contributed by atoms with Crippen LogP contribution in [0.3, 0.4) is 0 Å². The minimum atomic E-state index is -1.04. The Morgan fingerprint density at radius 2 is 1.33 bits per heavy atom. The maximum absolute atomic E-state index is 13.5. The zero-order valence-electron chi connectivity index (χ0n) is 40.9. The molecule has 0 aliphatic carbocycles. The molecule has 0 bridgehead atoms. The first-order valence-electron chi connectivity index (χ1n) is 23.1. The van der Waals surface area contributed by atoms with Gasteiger partial charge in [0.15, 0.2) is 0 Å². The summed E-state index contributed by atoms with van der Waals surface area (Å²) in [6.07, 6.45) is 5.55. The number of urea groups is 1. The molecule has 0 unspecified atom stereocenters. The number of unbranched alkanes of at least 4 members (excludes halogenated alkanes) is 2. The van der Waals surface area contributed by atoms with Crippen LogP contribution in [0, 0.1) is 5.92 Å². The topological polar surface area (TPSA) is 275 Å². The van der Waals surface area contributed by atoms with Gasteiger partial charge in [-0.2, -0.15) is 0 Å². The number of amides is 9. The summed E-state index contributed by atoms with van der Waals surface area (Å²) in [7, 11) is 0. The predicted molar refractivity (Wildman–Crippen MR) is 251 cm³/mol. The van der Waals surface area contributed by atoms with Crippen LogP contribution in [0.2, 0.25) is 0 Å². The minimum absolute atomic E-state index is 0.0278. The molecule has 9 amide bonds. The fraction of sp³-hybridized carbons (Fsp3) is 0.660. The van der Waals surface area contributed by atoms with Crippen LogP contribution in [-0.4, -0.2) is 121 Å². The summed E-state index contributed by atoms with van der Waals surface area (Å²) in [6, 6.07) is 3.92. The van der Waals surface area contributed by atoms with Gasteiger partial charge in [0.1, 0.15) is 24.3 Å². The Bertz CT molecular complexity index is 1810. The summed E-state index contributed by atoms with van der Waals surface area (Å²) in [6.45, 7) is 18.7. The summed E-state index contributed by atoms with van der Waals surface area (Å²) in [5.74, 6) is -2.47. The van der Waals surface area contributed by atoms with Crippen LogP contribution in [0.5, 0.6) is 0 Å². The van der Waals surface area contributed by atoms with Crippen molar-refractivity contribution in [1.82, 2.24) is 31.5 Å². The lowest BCUT2D eigenvalue weighted by Crippen LogP contribution is -2.54. The number of carbonyl (C=O) groups excluding carboxylic acids is 8. The second-order valence-electron chi connectivity index (χ2n) is 19.0. The molecule has 8 N–H and O–H groups in total. The van der Waals surface area contributed by atoms with Crippen LogP contribution in [0.15, 0.2) is 36.4 Å². The number of ether oxygens (including phenoxy) is 4. The summed E-state index contributed by atoms with van der Waals surface area (Å²) in [5.41, 5.74) is 4.70. The number of nitrogens with two attached hydrogens (primary N) is 1. The predicted octanol–water partition coefficient (Wildman–Crippen LogP) is 4.70. The lowest BCUT2D eigenvalue weighted by atomic mass is 10.0. The highest BCUT2D eigenvalue weighted by Crippen LogP contribution is 2.21. The van der Waals surface area contributed by atoms with Crippen LogP contribution in [-0.2, 0) is 49.5 Å². The monoisotopic (exact) mass is 945 g/mol. The molecule has 1 aromatic carbocycles. The van der Waals surface area contributed by atoms with Crippen LogP contribution in [0.25, 0.3) is 0 Å². The molecule has 67 heavy (non-hydrogen) atoms. The highest BCUT2D eigenvalue weighted by molar-refractivity contribution is 6.12. The first-order chi connectivity index (χ1) is 31.4. The van der Waals surface area contributed by atoms with Gasteiger partial charge in [-0.1, -0.05) is 32.4 Å². The Balaban J connectivity index is 1.78. The number of benzene rings is 1. The van der Waals surface area contributed by atoms with E-state index in [4.69, 9.17) is 24.7 Å². The van der Waals surface area contributed by atoms with Crippen molar-refractivity contribution in [2.24, 2.45) is 11.7 Å². The van der Waals surface area contributed by atoms with Gasteiger partial charge in [-0.25, -0.2) is 14.4 Å². The Morgan fingerprint density at radius 3 is 1.96 bits per heavy atom. The maximum Gasteiger partial charge on any atom is 0.407 e. The molecule has 376 valence electrons. The highest BCUT2D eigenvalue weighted by Gasteiger charge is 2.30. The van der Waals surface area contributed by atoms with E-state index in [1.807, 2.05) is 48.5 Å². The standard InChI is InChI=1S/C47H76N8O12/c1-32(2)39(54-36(56)17-11-10-12-28-55-37(57)22-23-38(55)58)41(60)53-35(16-13-25-49-42(48)61)40(59)52-34-20-18-33(19-21-34)30-64-43(62)50-27-15-29-65-47(8,9)31-66-46(6,7)24-14-26-51-44(63)67-45(3,4)5/h18-23,32,35,39H,10-17,24-31H2,1-9H3,(H,50,62)(H,51,63)(H,52,59)(H,53,60)(H,54,56)(H3,48,49,61)/t35-,39-/m0/s1. The molecule has 0 saturated carbocycles. The first-order valence-corrected chi connectivity index (χ1v) is 23.1. The van der Waals surface area contributed by atoms with Gasteiger partial charge in [-0.05, 0) is 117 Å². The van der Waals surface area contributed by atoms with E-state index in [-0.39, 0.29) is 56.2 Å². The molecule has 2 rings (SSSR count). The van der Waals surface area contributed by atoms with Crippen molar-refractivity contribution in [3.63, 3.8) is 0 Å². The molecule has 2 atom stereocenters. The minimum Gasteiger partial charge on any atom is -0.445 e. The van der Waals surface area contributed by atoms with Gasteiger partial charge in [0.25, 0.3) is 11.8 Å². The third-order valence-corrected chi connectivity index (χ3v) is 10.2. The van der Waals surface area contributed by atoms with Crippen LogP contribution in [0.1, 0.15) is 126 Å². The third-order valence-electron chi connectivity index (χ3n) is 10.2. The maximum atomic E-state index is 13.5.